The Morgan fingerprint density at radius 1 is 1.16 bits per heavy atom. The molecule has 108 valence electrons. The summed E-state index contributed by atoms with van der Waals surface area (Å²) in [5, 5.41) is 0. The lowest BCUT2D eigenvalue weighted by Gasteiger charge is -2.35. The Morgan fingerprint density at radius 3 is 2.11 bits per heavy atom. The number of hydrogen-bond acceptors (Lipinski definition) is 2. The van der Waals surface area contributed by atoms with Gasteiger partial charge in [-0.3, -0.25) is 0 Å². The lowest BCUT2D eigenvalue weighted by molar-refractivity contribution is -0.0461. The van der Waals surface area contributed by atoms with Crippen LogP contribution < -0.4 is 5.73 Å². The molecule has 1 aromatic carbocycles. The minimum absolute atomic E-state index is 0.0255. The van der Waals surface area contributed by atoms with Crippen LogP contribution in [-0.4, -0.2) is 18.2 Å². The lowest BCUT2D eigenvalue weighted by atomic mass is 9.86. The first kappa shape index (κ1) is 16.2. The highest BCUT2D eigenvalue weighted by Crippen LogP contribution is 2.25. The van der Waals surface area contributed by atoms with Crippen LogP contribution >= 0.6 is 0 Å². The van der Waals surface area contributed by atoms with Gasteiger partial charge in [-0.1, -0.05) is 24.6 Å². The molecule has 0 saturated carbocycles. The van der Waals surface area contributed by atoms with Crippen molar-refractivity contribution in [3.8, 4) is 0 Å². The monoisotopic (exact) mass is 263 g/mol. The molecule has 19 heavy (non-hydrogen) atoms. The van der Waals surface area contributed by atoms with E-state index in [-0.39, 0.29) is 11.6 Å². The Bertz CT molecular complexity index is 404. The zero-order valence-electron chi connectivity index (χ0n) is 13.3. The summed E-state index contributed by atoms with van der Waals surface area (Å²) in [5.74, 6) is 0. The van der Waals surface area contributed by atoms with E-state index in [1.807, 2.05) is 6.92 Å². The van der Waals surface area contributed by atoms with Crippen molar-refractivity contribution in [3.63, 3.8) is 0 Å². The number of aryl methyl sites for hydroxylation is 3. The molecule has 2 atom stereocenters. The first-order valence-corrected chi connectivity index (χ1v) is 7.30. The third-order valence-electron chi connectivity index (χ3n) is 4.22. The maximum atomic E-state index is 6.43. The standard InChI is InChI=1S/C17H29NO/c1-7-17(6,19-8-2)16(18)11-15-13(4)9-12(3)10-14(15)5/h9-10,16H,7-8,11,18H2,1-6H3. The quantitative estimate of drug-likeness (QED) is 0.849. The fourth-order valence-electron chi connectivity index (χ4n) is 2.77. The van der Waals surface area contributed by atoms with Gasteiger partial charge < -0.3 is 10.5 Å². The minimum Gasteiger partial charge on any atom is -0.374 e. The van der Waals surface area contributed by atoms with E-state index in [4.69, 9.17) is 10.5 Å². The minimum atomic E-state index is -0.238. The maximum absolute atomic E-state index is 6.43. The zero-order valence-corrected chi connectivity index (χ0v) is 13.3. The van der Waals surface area contributed by atoms with Gasteiger partial charge >= 0.3 is 0 Å². The van der Waals surface area contributed by atoms with Gasteiger partial charge in [-0.05, 0) is 64.2 Å². The molecule has 0 fully saturated rings. The van der Waals surface area contributed by atoms with Gasteiger partial charge in [0.15, 0.2) is 0 Å². The molecule has 0 aliphatic heterocycles. The molecule has 0 aliphatic carbocycles. The van der Waals surface area contributed by atoms with E-state index in [0.717, 1.165) is 12.8 Å². The van der Waals surface area contributed by atoms with Crippen LogP contribution in [0.5, 0.6) is 0 Å². The third kappa shape index (κ3) is 3.80. The first-order chi connectivity index (χ1) is 8.84. The fourth-order valence-corrected chi connectivity index (χ4v) is 2.77. The van der Waals surface area contributed by atoms with Crippen LogP contribution in [0.2, 0.25) is 0 Å². The fraction of sp³-hybridized carbons (Fsp3) is 0.647. The summed E-state index contributed by atoms with van der Waals surface area (Å²) in [7, 11) is 0. The van der Waals surface area contributed by atoms with Gasteiger partial charge in [0.1, 0.15) is 0 Å². The van der Waals surface area contributed by atoms with E-state index in [1.165, 1.54) is 22.3 Å². The van der Waals surface area contributed by atoms with Crippen LogP contribution in [-0.2, 0) is 11.2 Å². The Morgan fingerprint density at radius 2 is 1.68 bits per heavy atom. The van der Waals surface area contributed by atoms with Crippen molar-refractivity contribution in [1.29, 1.82) is 0 Å². The van der Waals surface area contributed by atoms with Crippen LogP contribution in [0, 0.1) is 20.8 Å². The van der Waals surface area contributed by atoms with E-state index in [1.54, 1.807) is 0 Å². The number of rotatable bonds is 6. The van der Waals surface area contributed by atoms with Crippen LogP contribution in [0.15, 0.2) is 12.1 Å². The van der Waals surface area contributed by atoms with Crippen molar-refractivity contribution in [1.82, 2.24) is 0 Å². The lowest BCUT2D eigenvalue weighted by Crippen LogP contribution is -2.49. The molecule has 1 aromatic rings. The summed E-state index contributed by atoms with van der Waals surface area (Å²) >= 11 is 0. The van der Waals surface area contributed by atoms with Crippen molar-refractivity contribution in [2.45, 2.75) is 66.0 Å². The molecule has 0 bridgehead atoms. The highest BCUT2D eigenvalue weighted by atomic mass is 16.5. The van der Waals surface area contributed by atoms with Gasteiger partial charge in [0.2, 0.25) is 0 Å². The summed E-state index contributed by atoms with van der Waals surface area (Å²) in [6.07, 6.45) is 1.81. The van der Waals surface area contributed by atoms with Crippen molar-refractivity contribution < 1.29 is 4.74 Å². The molecular formula is C17H29NO. The number of ether oxygens (including phenoxy) is 1. The molecular weight excluding hydrogens is 234 g/mol. The summed E-state index contributed by atoms with van der Waals surface area (Å²) in [6.45, 7) is 13.5. The van der Waals surface area contributed by atoms with Gasteiger partial charge in [0, 0.05) is 12.6 Å². The van der Waals surface area contributed by atoms with Gasteiger partial charge in [0.05, 0.1) is 5.60 Å². The second-order valence-corrected chi connectivity index (χ2v) is 5.79. The molecule has 0 amide bonds. The summed E-state index contributed by atoms with van der Waals surface area (Å²) < 4.78 is 5.89. The summed E-state index contributed by atoms with van der Waals surface area (Å²) in [5.41, 5.74) is 11.6. The van der Waals surface area contributed by atoms with Crippen molar-refractivity contribution in [2.24, 2.45) is 5.73 Å². The van der Waals surface area contributed by atoms with E-state index < -0.39 is 0 Å². The molecule has 2 nitrogen and oxygen atoms in total. The average Bonchev–Trinajstić information content (AvgIpc) is 2.33. The van der Waals surface area contributed by atoms with Gasteiger partial charge in [-0.2, -0.15) is 0 Å². The Kier molecular flexibility index (Phi) is 5.57. The average molecular weight is 263 g/mol. The number of hydrogen-bond donors (Lipinski definition) is 1. The largest absolute Gasteiger partial charge is 0.374 e. The molecule has 2 heteroatoms. The molecule has 0 saturated heterocycles. The SMILES string of the molecule is CCOC(C)(CC)C(N)Cc1c(C)cc(C)cc1C. The molecule has 0 radical (unpaired) electrons. The maximum Gasteiger partial charge on any atom is 0.0805 e. The Hall–Kier alpha value is -0.860. The van der Waals surface area contributed by atoms with Crippen molar-refractivity contribution in [3.05, 3.63) is 34.4 Å². The van der Waals surface area contributed by atoms with E-state index in [9.17, 15) is 0 Å². The summed E-state index contributed by atoms with van der Waals surface area (Å²) in [4.78, 5) is 0. The second-order valence-electron chi connectivity index (χ2n) is 5.79. The summed E-state index contributed by atoms with van der Waals surface area (Å²) in [6, 6.07) is 4.50. The topological polar surface area (TPSA) is 35.2 Å². The second kappa shape index (κ2) is 6.53. The van der Waals surface area contributed by atoms with Crippen LogP contribution in [0.3, 0.4) is 0 Å². The first-order valence-electron chi connectivity index (χ1n) is 7.30. The number of benzene rings is 1. The van der Waals surface area contributed by atoms with Gasteiger partial charge in [-0.25, -0.2) is 0 Å². The van der Waals surface area contributed by atoms with E-state index >= 15 is 0 Å². The molecule has 0 aromatic heterocycles. The third-order valence-corrected chi connectivity index (χ3v) is 4.22. The molecule has 1 rings (SSSR count). The smallest absolute Gasteiger partial charge is 0.0805 e. The molecule has 0 aliphatic rings. The molecule has 2 unspecified atom stereocenters. The van der Waals surface area contributed by atoms with Crippen LogP contribution in [0.1, 0.15) is 49.4 Å². The molecule has 2 N–H and O–H groups in total. The van der Waals surface area contributed by atoms with Crippen LogP contribution in [0.4, 0.5) is 0 Å². The van der Waals surface area contributed by atoms with Gasteiger partial charge in [-0.15, -0.1) is 0 Å². The van der Waals surface area contributed by atoms with Gasteiger partial charge in [0.25, 0.3) is 0 Å². The Balaban J connectivity index is 2.96. The Labute approximate surface area is 118 Å². The molecule has 0 heterocycles. The predicted octanol–water partition coefficient (Wildman–Crippen LogP) is 3.69. The highest BCUT2D eigenvalue weighted by molar-refractivity contribution is 5.38. The van der Waals surface area contributed by atoms with E-state index in [0.29, 0.717) is 6.61 Å². The van der Waals surface area contributed by atoms with E-state index in [2.05, 4.69) is 46.8 Å². The molecule has 0 spiro atoms. The number of nitrogens with two attached hydrogens (primary N) is 1. The van der Waals surface area contributed by atoms with Crippen molar-refractivity contribution >= 4 is 0 Å². The van der Waals surface area contributed by atoms with Crippen LogP contribution in [0.25, 0.3) is 0 Å². The predicted molar refractivity (Wildman–Crippen MR) is 82.7 cm³/mol. The van der Waals surface area contributed by atoms with Crippen molar-refractivity contribution in [2.75, 3.05) is 6.61 Å². The normalized spacial score (nSPS) is 16.2. The zero-order chi connectivity index (χ0) is 14.6. The highest BCUT2D eigenvalue weighted by Gasteiger charge is 2.31.